The molecule has 0 aromatic rings. The summed E-state index contributed by atoms with van der Waals surface area (Å²) in [7, 11) is 1.73. The average molecular weight is 228 g/mol. The molecule has 1 fully saturated rings. The molecular formula is C7H12BrClO. The lowest BCUT2D eigenvalue weighted by Crippen LogP contribution is -2.31. The van der Waals surface area contributed by atoms with Crippen LogP contribution >= 0.6 is 27.5 Å². The van der Waals surface area contributed by atoms with Gasteiger partial charge >= 0.3 is 0 Å². The van der Waals surface area contributed by atoms with Crippen molar-refractivity contribution in [2.75, 3.05) is 7.11 Å². The van der Waals surface area contributed by atoms with Crippen LogP contribution in [0, 0.1) is 0 Å². The van der Waals surface area contributed by atoms with Crippen molar-refractivity contribution in [3.05, 3.63) is 0 Å². The first kappa shape index (κ1) is 8.82. The van der Waals surface area contributed by atoms with Crippen LogP contribution in [-0.4, -0.2) is 23.4 Å². The van der Waals surface area contributed by atoms with Crippen molar-refractivity contribution < 1.29 is 4.74 Å². The Hall–Kier alpha value is 0.730. The predicted molar refractivity (Wildman–Crippen MR) is 47.0 cm³/mol. The fourth-order valence-corrected chi connectivity index (χ4v) is 2.63. The van der Waals surface area contributed by atoms with Crippen molar-refractivity contribution in [3.63, 3.8) is 0 Å². The SMILES string of the molecule is COC1CCC(Br)CC1Cl. The van der Waals surface area contributed by atoms with Crippen LogP contribution < -0.4 is 0 Å². The number of hydrogen-bond donors (Lipinski definition) is 0. The maximum Gasteiger partial charge on any atom is 0.0735 e. The molecule has 0 amide bonds. The molecule has 1 saturated carbocycles. The highest BCUT2D eigenvalue weighted by Crippen LogP contribution is 2.29. The standard InChI is InChI=1S/C7H12BrClO/c1-10-7-3-2-5(8)4-6(7)9/h5-7H,2-4H2,1H3. The largest absolute Gasteiger partial charge is 0.380 e. The summed E-state index contributed by atoms with van der Waals surface area (Å²) < 4.78 is 5.20. The summed E-state index contributed by atoms with van der Waals surface area (Å²) in [5, 5.41) is 0.197. The molecule has 0 aromatic heterocycles. The van der Waals surface area contributed by atoms with Crippen LogP contribution in [0.3, 0.4) is 0 Å². The van der Waals surface area contributed by atoms with E-state index in [0.29, 0.717) is 4.83 Å². The third-order valence-electron chi connectivity index (χ3n) is 1.95. The molecule has 0 spiro atoms. The third-order valence-corrected chi connectivity index (χ3v) is 3.24. The van der Waals surface area contributed by atoms with Gasteiger partial charge in [-0.15, -0.1) is 11.6 Å². The van der Waals surface area contributed by atoms with Gasteiger partial charge in [0, 0.05) is 11.9 Å². The van der Waals surface area contributed by atoms with Gasteiger partial charge in [0.15, 0.2) is 0 Å². The van der Waals surface area contributed by atoms with Crippen LogP contribution in [0.2, 0.25) is 0 Å². The van der Waals surface area contributed by atoms with Crippen LogP contribution in [0.15, 0.2) is 0 Å². The zero-order chi connectivity index (χ0) is 7.56. The topological polar surface area (TPSA) is 9.23 Å². The number of ether oxygens (including phenoxy) is 1. The smallest absolute Gasteiger partial charge is 0.0735 e. The van der Waals surface area contributed by atoms with Gasteiger partial charge in [0.05, 0.1) is 11.5 Å². The fourth-order valence-electron chi connectivity index (χ4n) is 1.31. The lowest BCUT2D eigenvalue weighted by Gasteiger charge is -2.28. The molecule has 0 N–H and O–H groups in total. The van der Waals surface area contributed by atoms with E-state index >= 15 is 0 Å². The summed E-state index contributed by atoms with van der Waals surface area (Å²) in [6.45, 7) is 0. The van der Waals surface area contributed by atoms with Crippen LogP contribution in [0.25, 0.3) is 0 Å². The van der Waals surface area contributed by atoms with E-state index in [1.807, 2.05) is 0 Å². The highest BCUT2D eigenvalue weighted by molar-refractivity contribution is 9.09. The summed E-state index contributed by atoms with van der Waals surface area (Å²) in [5.41, 5.74) is 0. The summed E-state index contributed by atoms with van der Waals surface area (Å²) in [6, 6.07) is 0. The Balaban J connectivity index is 2.36. The second-order valence-corrected chi connectivity index (χ2v) is 4.56. The van der Waals surface area contributed by atoms with Gasteiger partial charge in [-0.25, -0.2) is 0 Å². The lowest BCUT2D eigenvalue weighted by atomic mass is 9.97. The Labute approximate surface area is 75.2 Å². The van der Waals surface area contributed by atoms with Crippen molar-refractivity contribution in [1.29, 1.82) is 0 Å². The number of hydrogen-bond acceptors (Lipinski definition) is 1. The molecule has 1 rings (SSSR count). The fraction of sp³-hybridized carbons (Fsp3) is 1.00. The molecule has 3 atom stereocenters. The zero-order valence-corrected chi connectivity index (χ0v) is 8.36. The van der Waals surface area contributed by atoms with Crippen molar-refractivity contribution in [1.82, 2.24) is 0 Å². The van der Waals surface area contributed by atoms with E-state index in [0.717, 1.165) is 12.8 Å². The van der Waals surface area contributed by atoms with Gasteiger partial charge in [-0.05, 0) is 19.3 Å². The van der Waals surface area contributed by atoms with Gasteiger partial charge in [-0.2, -0.15) is 0 Å². The number of rotatable bonds is 1. The monoisotopic (exact) mass is 226 g/mol. The molecule has 10 heavy (non-hydrogen) atoms. The molecular weight excluding hydrogens is 215 g/mol. The molecule has 60 valence electrons. The minimum atomic E-state index is 0.197. The van der Waals surface area contributed by atoms with Crippen molar-refractivity contribution in [2.45, 2.75) is 35.6 Å². The zero-order valence-electron chi connectivity index (χ0n) is 6.02. The molecule has 0 radical (unpaired) electrons. The second-order valence-electron chi connectivity index (χ2n) is 2.70. The van der Waals surface area contributed by atoms with E-state index in [4.69, 9.17) is 16.3 Å². The predicted octanol–water partition coefficient (Wildman–Crippen LogP) is 2.56. The van der Waals surface area contributed by atoms with E-state index in [1.165, 1.54) is 6.42 Å². The Morgan fingerprint density at radius 1 is 1.50 bits per heavy atom. The molecule has 3 unspecified atom stereocenters. The van der Waals surface area contributed by atoms with Crippen LogP contribution in [0.5, 0.6) is 0 Å². The number of methoxy groups -OCH3 is 1. The summed E-state index contributed by atoms with van der Waals surface area (Å²) in [6.07, 6.45) is 3.57. The molecule has 0 aromatic carbocycles. The Kier molecular flexibility index (Phi) is 3.47. The first-order valence-electron chi connectivity index (χ1n) is 3.55. The van der Waals surface area contributed by atoms with Gasteiger partial charge in [-0.1, -0.05) is 15.9 Å². The Bertz CT molecular complexity index is 110. The molecule has 0 aliphatic heterocycles. The maximum absolute atomic E-state index is 6.02. The highest BCUT2D eigenvalue weighted by Gasteiger charge is 2.27. The molecule has 1 nitrogen and oxygen atoms in total. The third kappa shape index (κ3) is 2.11. The van der Waals surface area contributed by atoms with Gasteiger partial charge in [0.1, 0.15) is 0 Å². The van der Waals surface area contributed by atoms with Gasteiger partial charge in [0.2, 0.25) is 0 Å². The normalized spacial score (nSPS) is 41.7. The summed E-state index contributed by atoms with van der Waals surface area (Å²) in [5.74, 6) is 0. The molecule has 0 saturated heterocycles. The van der Waals surface area contributed by atoms with E-state index in [-0.39, 0.29) is 11.5 Å². The maximum atomic E-state index is 6.02. The number of alkyl halides is 2. The van der Waals surface area contributed by atoms with Crippen molar-refractivity contribution >= 4 is 27.5 Å². The first-order chi connectivity index (χ1) is 4.74. The lowest BCUT2D eigenvalue weighted by molar-refractivity contribution is 0.0762. The number of halogens is 2. The van der Waals surface area contributed by atoms with E-state index in [1.54, 1.807) is 7.11 Å². The van der Waals surface area contributed by atoms with Crippen LogP contribution in [0.1, 0.15) is 19.3 Å². The van der Waals surface area contributed by atoms with Crippen LogP contribution in [-0.2, 0) is 4.74 Å². The highest BCUT2D eigenvalue weighted by atomic mass is 79.9. The first-order valence-corrected chi connectivity index (χ1v) is 4.90. The van der Waals surface area contributed by atoms with Crippen molar-refractivity contribution in [3.8, 4) is 0 Å². The molecule has 3 heteroatoms. The minimum absolute atomic E-state index is 0.197. The molecule has 1 aliphatic rings. The van der Waals surface area contributed by atoms with Crippen LogP contribution in [0.4, 0.5) is 0 Å². The summed E-state index contributed by atoms with van der Waals surface area (Å²) >= 11 is 9.57. The average Bonchev–Trinajstić information content (AvgIpc) is 1.88. The minimum Gasteiger partial charge on any atom is -0.380 e. The van der Waals surface area contributed by atoms with E-state index in [2.05, 4.69) is 15.9 Å². The van der Waals surface area contributed by atoms with E-state index in [9.17, 15) is 0 Å². The Morgan fingerprint density at radius 3 is 2.70 bits per heavy atom. The van der Waals surface area contributed by atoms with Gasteiger partial charge < -0.3 is 4.74 Å². The second kappa shape index (κ2) is 3.93. The van der Waals surface area contributed by atoms with Crippen molar-refractivity contribution in [2.24, 2.45) is 0 Å². The molecule has 1 aliphatic carbocycles. The Morgan fingerprint density at radius 2 is 2.20 bits per heavy atom. The molecule has 0 bridgehead atoms. The summed E-state index contributed by atoms with van der Waals surface area (Å²) in [4.78, 5) is 0.599. The van der Waals surface area contributed by atoms with Gasteiger partial charge in [-0.3, -0.25) is 0 Å². The molecule has 0 heterocycles. The van der Waals surface area contributed by atoms with E-state index < -0.39 is 0 Å². The van der Waals surface area contributed by atoms with Gasteiger partial charge in [0.25, 0.3) is 0 Å². The quantitative estimate of drug-likeness (QED) is 0.626.